The molecule has 1 aliphatic rings. The fourth-order valence-electron chi connectivity index (χ4n) is 3.34. The van der Waals surface area contributed by atoms with Gasteiger partial charge in [-0.15, -0.1) is 0 Å². The highest BCUT2D eigenvalue weighted by atomic mass is 16.3. The van der Waals surface area contributed by atoms with E-state index < -0.39 is 11.4 Å². The number of rotatable bonds is 7. The Morgan fingerprint density at radius 3 is 2.67 bits per heavy atom. The van der Waals surface area contributed by atoms with Crippen LogP contribution in [0.4, 0.5) is 0 Å². The van der Waals surface area contributed by atoms with Crippen LogP contribution in [0, 0.1) is 12.8 Å². The molecule has 0 fully saturated rings. The molecule has 1 atom stereocenters. The van der Waals surface area contributed by atoms with E-state index in [2.05, 4.69) is 29.6 Å². The highest BCUT2D eigenvalue weighted by molar-refractivity contribution is 6.01. The second kappa shape index (κ2) is 8.33. The largest absolute Gasteiger partial charge is 0.465 e. The summed E-state index contributed by atoms with van der Waals surface area (Å²) in [5.74, 6) is 0.857. The minimum absolute atomic E-state index is 0.125. The molecule has 1 aliphatic heterocycles. The zero-order valence-electron chi connectivity index (χ0n) is 18.1. The standard InChI is InChI=1S/C21H29N5O4/c1-13(2)8-9-22-20(29)21(4)12-26-17(19(28)25(21)5)10-16(24-26)18(27)23-11-15-7-6-14(3)30-15/h6-7,10,13H,8-9,11-12H2,1-5H3,(H,22,29)(H,23,27)/t21-/m1/s1. The predicted octanol–water partition coefficient (Wildman–Crippen LogP) is 1.72. The molecule has 162 valence electrons. The van der Waals surface area contributed by atoms with Crippen molar-refractivity contribution in [2.24, 2.45) is 5.92 Å². The molecule has 0 spiro atoms. The predicted molar refractivity (Wildman–Crippen MR) is 110 cm³/mol. The Kier molecular flexibility index (Phi) is 6.00. The molecule has 2 aromatic rings. The van der Waals surface area contributed by atoms with Crippen molar-refractivity contribution >= 4 is 17.7 Å². The van der Waals surface area contributed by atoms with Gasteiger partial charge in [0.05, 0.1) is 13.1 Å². The number of nitrogens with zero attached hydrogens (tertiary/aromatic N) is 3. The lowest BCUT2D eigenvalue weighted by Gasteiger charge is -2.40. The Bertz CT molecular complexity index is 961. The smallest absolute Gasteiger partial charge is 0.272 e. The molecule has 0 aliphatic carbocycles. The number of hydrogen-bond acceptors (Lipinski definition) is 5. The molecule has 2 aromatic heterocycles. The van der Waals surface area contributed by atoms with Crippen molar-refractivity contribution in [3.8, 4) is 0 Å². The van der Waals surface area contributed by atoms with Crippen molar-refractivity contribution in [2.75, 3.05) is 13.6 Å². The number of amides is 3. The maximum atomic E-state index is 12.9. The van der Waals surface area contributed by atoms with E-state index in [1.54, 1.807) is 20.0 Å². The molecule has 3 amide bonds. The fraction of sp³-hybridized carbons (Fsp3) is 0.524. The van der Waals surface area contributed by atoms with Gasteiger partial charge in [-0.1, -0.05) is 13.8 Å². The van der Waals surface area contributed by atoms with Crippen LogP contribution in [-0.2, 0) is 17.9 Å². The minimum Gasteiger partial charge on any atom is -0.465 e. The molecular weight excluding hydrogens is 386 g/mol. The van der Waals surface area contributed by atoms with Crippen molar-refractivity contribution in [1.82, 2.24) is 25.3 Å². The number of aryl methyl sites for hydroxylation is 1. The van der Waals surface area contributed by atoms with E-state index in [0.29, 0.717) is 18.2 Å². The van der Waals surface area contributed by atoms with Crippen molar-refractivity contribution < 1.29 is 18.8 Å². The van der Waals surface area contributed by atoms with E-state index in [9.17, 15) is 14.4 Å². The van der Waals surface area contributed by atoms with Gasteiger partial charge in [0, 0.05) is 19.7 Å². The molecule has 3 heterocycles. The Hall–Kier alpha value is -3.10. The van der Waals surface area contributed by atoms with E-state index >= 15 is 0 Å². The second-order valence-corrected chi connectivity index (χ2v) is 8.34. The van der Waals surface area contributed by atoms with E-state index in [0.717, 1.165) is 12.2 Å². The lowest BCUT2D eigenvalue weighted by atomic mass is 9.95. The summed E-state index contributed by atoms with van der Waals surface area (Å²) in [4.78, 5) is 39.6. The van der Waals surface area contributed by atoms with E-state index in [-0.39, 0.29) is 36.3 Å². The number of carbonyl (C=O) groups excluding carboxylic acids is 3. The molecule has 0 aromatic carbocycles. The lowest BCUT2D eigenvalue weighted by molar-refractivity contribution is -0.132. The fourth-order valence-corrected chi connectivity index (χ4v) is 3.34. The first-order chi connectivity index (χ1) is 14.1. The monoisotopic (exact) mass is 415 g/mol. The summed E-state index contributed by atoms with van der Waals surface area (Å²) in [5, 5.41) is 9.93. The normalized spacial score (nSPS) is 18.5. The second-order valence-electron chi connectivity index (χ2n) is 8.34. The molecule has 9 heteroatoms. The zero-order valence-corrected chi connectivity index (χ0v) is 18.1. The van der Waals surface area contributed by atoms with Gasteiger partial charge < -0.3 is 20.0 Å². The van der Waals surface area contributed by atoms with Gasteiger partial charge >= 0.3 is 0 Å². The third-order valence-electron chi connectivity index (χ3n) is 5.45. The third-order valence-corrected chi connectivity index (χ3v) is 5.45. The topological polar surface area (TPSA) is 109 Å². The highest BCUT2D eigenvalue weighted by Crippen LogP contribution is 2.26. The number of carbonyl (C=O) groups is 3. The van der Waals surface area contributed by atoms with Gasteiger partial charge in [0.2, 0.25) is 5.91 Å². The first kappa shape index (κ1) is 21.6. The maximum absolute atomic E-state index is 12.9. The summed E-state index contributed by atoms with van der Waals surface area (Å²) in [6, 6.07) is 5.06. The summed E-state index contributed by atoms with van der Waals surface area (Å²) in [5.41, 5.74) is -0.685. The minimum atomic E-state index is -1.09. The number of aromatic nitrogens is 2. The summed E-state index contributed by atoms with van der Waals surface area (Å²) >= 11 is 0. The van der Waals surface area contributed by atoms with Gasteiger partial charge in [0.25, 0.3) is 11.8 Å². The maximum Gasteiger partial charge on any atom is 0.272 e. The van der Waals surface area contributed by atoms with Gasteiger partial charge in [-0.05, 0) is 38.3 Å². The van der Waals surface area contributed by atoms with E-state index in [1.165, 1.54) is 15.6 Å². The lowest BCUT2D eigenvalue weighted by Crippen LogP contribution is -2.62. The molecule has 2 N–H and O–H groups in total. The first-order valence-corrected chi connectivity index (χ1v) is 10.1. The van der Waals surface area contributed by atoms with Crippen molar-refractivity contribution in [3.05, 3.63) is 41.1 Å². The number of likely N-dealkylation sites (N-methyl/N-ethyl adjacent to an activating group) is 1. The van der Waals surface area contributed by atoms with Gasteiger partial charge in [-0.2, -0.15) is 5.10 Å². The van der Waals surface area contributed by atoms with Crippen LogP contribution in [0.25, 0.3) is 0 Å². The van der Waals surface area contributed by atoms with Crippen molar-refractivity contribution in [1.29, 1.82) is 0 Å². The number of furan rings is 1. The van der Waals surface area contributed by atoms with Crippen LogP contribution in [0.3, 0.4) is 0 Å². The summed E-state index contributed by atoms with van der Waals surface area (Å²) in [6.07, 6.45) is 0.853. The molecule has 0 saturated heterocycles. The molecule has 0 saturated carbocycles. The Morgan fingerprint density at radius 1 is 1.30 bits per heavy atom. The number of hydrogen-bond donors (Lipinski definition) is 2. The molecular formula is C21H29N5O4. The van der Waals surface area contributed by atoms with Gasteiger partial charge in [-0.25, -0.2) is 0 Å². The Morgan fingerprint density at radius 2 is 2.03 bits per heavy atom. The van der Waals surface area contributed by atoms with Gasteiger partial charge in [-0.3, -0.25) is 19.1 Å². The Balaban J connectivity index is 1.72. The summed E-state index contributed by atoms with van der Waals surface area (Å²) in [6.45, 7) is 8.63. The SMILES string of the molecule is Cc1ccc(CNC(=O)c2cc3n(n2)C[C@](C)(C(=O)NCCC(C)C)N(C)C3=O)o1. The van der Waals surface area contributed by atoms with Gasteiger partial charge in [0.15, 0.2) is 5.69 Å². The average Bonchev–Trinajstić information content (AvgIpc) is 3.30. The molecule has 0 unspecified atom stereocenters. The number of nitrogens with one attached hydrogen (secondary N) is 2. The van der Waals surface area contributed by atoms with Crippen LogP contribution in [-0.4, -0.2) is 51.5 Å². The van der Waals surface area contributed by atoms with E-state index in [4.69, 9.17) is 4.42 Å². The molecule has 9 nitrogen and oxygen atoms in total. The highest BCUT2D eigenvalue weighted by Gasteiger charge is 2.46. The number of fused-ring (bicyclic) bond motifs is 1. The van der Waals surface area contributed by atoms with Gasteiger partial charge in [0.1, 0.15) is 22.8 Å². The van der Waals surface area contributed by atoms with Crippen LogP contribution >= 0.6 is 0 Å². The quantitative estimate of drug-likeness (QED) is 0.716. The third kappa shape index (κ3) is 4.24. The first-order valence-electron chi connectivity index (χ1n) is 10.1. The average molecular weight is 415 g/mol. The van der Waals surface area contributed by atoms with Crippen molar-refractivity contribution in [2.45, 2.75) is 52.7 Å². The van der Waals surface area contributed by atoms with Crippen molar-refractivity contribution in [3.63, 3.8) is 0 Å². The molecule has 30 heavy (non-hydrogen) atoms. The summed E-state index contributed by atoms with van der Waals surface area (Å²) in [7, 11) is 1.60. The van der Waals surface area contributed by atoms with Crippen LogP contribution in [0.2, 0.25) is 0 Å². The Labute approximate surface area is 175 Å². The molecule has 3 rings (SSSR count). The molecule has 0 radical (unpaired) electrons. The van der Waals surface area contributed by atoms with E-state index in [1.807, 2.05) is 13.0 Å². The van der Waals surface area contributed by atoms with Crippen LogP contribution in [0.1, 0.15) is 59.7 Å². The summed E-state index contributed by atoms with van der Waals surface area (Å²) < 4.78 is 6.88. The van der Waals surface area contributed by atoms with Crippen LogP contribution in [0.15, 0.2) is 22.6 Å². The van der Waals surface area contributed by atoms with Crippen LogP contribution < -0.4 is 10.6 Å². The van der Waals surface area contributed by atoms with Crippen LogP contribution in [0.5, 0.6) is 0 Å². The molecule has 0 bridgehead atoms. The zero-order chi connectivity index (χ0) is 22.1.